The first kappa shape index (κ1) is 92.7. The first-order chi connectivity index (χ1) is 70.0. The van der Waals surface area contributed by atoms with E-state index < -0.39 is 98.2 Å². The number of ether oxygens (including phenoxy) is 4. The molecule has 0 radical (unpaired) electrons. The van der Waals surface area contributed by atoms with Gasteiger partial charge < -0.3 is 77.5 Å². The Morgan fingerprint density at radius 2 is 0.710 bits per heavy atom. The van der Waals surface area contributed by atoms with Crippen molar-refractivity contribution in [3.05, 3.63) is 285 Å². The highest BCUT2D eigenvalue weighted by atomic mass is 19.1. The normalized spacial score (nSPS) is 19.9. The minimum atomic E-state index is -1.49. The number of carbonyl (C=O) groups is 12. The zero-order valence-electron chi connectivity index (χ0n) is 77.1. The van der Waals surface area contributed by atoms with Crippen molar-refractivity contribution in [1.82, 2.24) is 70.8 Å². The molecule has 10 aliphatic rings. The number of methoxy groups -OCH3 is 4. The predicted molar refractivity (Wildman–Crippen MR) is 510 cm³/mol. The number of halogens is 3. The Kier molecular flexibility index (Phi) is 23.6. The number of nitrogens with one attached hydrogen (secondary N) is 8. The molecule has 10 aromatic heterocycles. The van der Waals surface area contributed by atoms with Crippen molar-refractivity contribution < 1.29 is 107 Å². The van der Waals surface area contributed by atoms with Gasteiger partial charge >= 0.3 is 0 Å². The molecule has 0 spiro atoms. The molecule has 0 saturated carbocycles. The monoisotopic (exact) mass is 1960 g/mol. The van der Waals surface area contributed by atoms with Crippen LogP contribution < -0.4 is 61.5 Å². The van der Waals surface area contributed by atoms with E-state index in [2.05, 4.69) is 82.4 Å². The molecule has 10 aliphatic heterocycles. The summed E-state index contributed by atoms with van der Waals surface area (Å²) in [6.45, 7) is 1.58. The molecule has 12 amide bonds. The van der Waals surface area contributed by atoms with Crippen molar-refractivity contribution in [2.75, 3.05) is 89.0 Å². The summed E-state index contributed by atoms with van der Waals surface area (Å²) >= 11 is 0. The highest BCUT2D eigenvalue weighted by Gasteiger charge is 2.58. The second kappa shape index (κ2) is 36.9. The number of pyridine rings is 6. The Morgan fingerprint density at radius 3 is 1.03 bits per heavy atom. The van der Waals surface area contributed by atoms with Gasteiger partial charge in [-0.25, -0.2) is 33.1 Å². The maximum atomic E-state index is 14.9. The van der Waals surface area contributed by atoms with Gasteiger partial charge in [0.15, 0.2) is 45.5 Å². The van der Waals surface area contributed by atoms with E-state index in [-0.39, 0.29) is 123 Å². The second-order valence-corrected chi connectivity index (χ2v) is 35.7. The molecule has 4 aromatic carbocycles. The standard InChI is InChI=1S/2C26H20FN5O5.C25H20FN5O5.C25H21N5O5/c1-36-17-3-2-14-12-32(24(34)18(14)7-17)13-26(9-23(33)31-25(26)35)21-8-19-20(37-21)4-5-22(30-19)29-16-6-15(27)10-28-11-16;1-36-18-5-4-14-12-32(24(34)22(14)23(18)27)13-26(10-21(33)31-25(26)35)19-9-16-17(37-19)6-7-20(30-16)29-15-3-2-8-28-11-15;1-35-17-3-2-13-11-31(23(33)21(13)22(17)26)12-25(9-20(32)30-24(25)34)18-8-15-16(36-18)4-5-19(29-15)28-14-6-7-27-10-14;1-34-16-3-2-14-12-30(23(32)17(14)8-16)13-25(10-22(31)29-24(25)33)20-9-18-19(35-20)4-5-21(28-18)27-15-6-7-26-11-15/h2-8,10-11H,9,12-13H2,1H3,(H,29,30)(H,31,33,35);2-9,11H,10,12-13H2,1H3,(H,29,30)(H,31,33,35);2-6,8,10H,7,9,11-12H2,1H3,(H,28,29)(H,30,32,34);2-6,8-9,11H,7,10,12-13H2,1H3,(H,27,28)(H,29,31,33)/t2*26-;2*25-/m1111/s1. The van der Waals surface area contributed by atoms with Crippen LogP contribution in [-0.2, 0) is 86.2 Å². The number of aromatic nitrogens is 6. The summed E-state index contributed by atoms with van der Waals surface area (Å²) in [5.74, 6) is -3.64. The summed E-state index contributed by atoms with van der Waals surface area (Å²) < 4.78 is 87.8. The molecule has 14 aromatic rings. The number of imide groups is 4. The van der Waals surface area contributed by atoms with E-state index in [1.807, 2.05) is 30.4 Å². The van der Waals surface area contributed by atoms with Gasteiger partial charge in [0.1, 0.15) is 107 Å². The molecule has 20 heterocycles. The summed E-state index contributed by atoms with van der Waals surface area (Å²) in [5.41, 5.74) is 4.09. The van der Waals surface area contributed by atoms with Gasteiger partial charge in [-0.05, 0) is 131 Å². The van der Waals surface area contributed by atoms with Gasteiger partial charge in [0.05, 0.1) is 120 Å². The third kappa shape index (κ3) is 17.2. The van der Waals surface area contributed by atoms with E-state index >= 15 is 0 Å². The maximum absolute atomic E-state index is 14.9. The van der Waals surface area contributed by atoms with Crippen LogP contribution in [-0.4, -0.2) is 201 Å². The fraction of sp³-hybridized carbons (Fsp3) is 0.216. The molecule has 4 saturated heterocycles. The molecule has 40 nitrogen and oxygen atoms in total. The molecule has 0 aliphatic carbocycles. The summed E-state index contributed by atoms with van der Waals surface area (Å²) in [5, 5.41) is 21.8. The van der Waals surface area contributed by atoms with E-state index in [0.717, 1.165) is 34.4 Å². The Morgan fingerprint density at radius 1 is 0.366 bits per heavy atom. The maximum Gasteiger partial charge on any atom is 0.257 e. The minimum Gasteiger partial charge on any atom is -0.497 e. The van der Waals surface area contributed by atoms with Gasteiger partial charge in [-0.15, -0.1) is 0 Å². The van der Waals surface area contributed by atoms with Crippen LogP contribution in [0.2, 0.25) is 0 Å². The number of carbonyl (C=O) groups excluding carboxylic acids is 12. The summed E-state index contributed by atoms with van der Waals surface area (Å²) in [4.78, 5) is 195. The highest BCUT2D eigenvalue weighted by molar-refractivity contribution is 6.14. The van der Waals surface area contributed by atoms with Crippen molar-refractivity contribution in [3.63, 3.8) is 0 Å². The molecule has 0 unspecified atom stereocenters. The van der Waals surface area contributed by atoms with Crippen LogP contribution in [0.5, 0.6) is 23.0 Å². The lowest BCUT2D eigenvalue weighted by Crippen LogP contribution is -2.46. The Labute approximate surface area is 816 Å². The number of hydrogen-bond acceptors (Lipinski definition) is 32. The molecule has 4 atom stereocenters. The van der Waals surface area contributed by atoms with Gasteiger partial charge in [0.25, 0.3) is 23.6 Å². The number of allylic oxidation sites excluding steroid dienone is 2. The molecule has 730 valence electrons. The van der Waals surface area contributed by atoms with E-state index in [9.17, 15) is 70.7 Å². The number of aliphatic imine (C=N–C) groups is 2. The number of hydrogen-bond donors (Lipinski definition) is 8. The average molecular weight is 1960 g/mol. The third-order valence-corrected chi connectivity index (χ3v) is 26.5. The van der Waals surface area contributed by atoms with Crippen LogP contribution in [0, 0.1) is 17.5 Å². The number of fused-ring (bicyclic) bond motifs is 8. The number of furan rings is 4. The van der Waals surface area contributed by atoms with E-state index in [1.165, 1.54) is 67.5 Å². The number of anilines is 6. The lowest BCUT2D eigenvalue weighted by atomic mass is 9.82. The molecule has 145 heavy (non-hydrogen) atoms. The van der Waals surface area contributed by atoms with Crippen molar-refractivity contribution >= 4 is 162 Å². The number of rotatable bonds is 24. The van der Waals surface area contributed by atoms with Gasteiger partial charge in [-0.1, -0.05) is 24.3 Å². The van der Waals surface area contributed by atoms with Crippen molar-refractivity contribution in [3.8, 4) is 23.0 Å². The van der Waals surface area contributed by atoms with Gasteiger partial charge in [0.2, 0.25) is 47.3 Å². The summed E-state index contributed by atoms with van der Waals surface area (Å²) in [7, 11) is 5.70. The van der Waals surface area contributed by atoms with Gasteiger partial charge in [0, 0.05) is 112 Å². The zero-order valence-corrected chi connectivity index (χ0v) is 77.1. The molecule has 4 fully saturated rings. The molecule has 43 heteroatoms. The fourth-order valence-corrected chi connectivity index (χ4v) is 19.4. The van der Waals surface area contributed by atoms with Gasteiger partial charge in [-0.3, -0.25) is 98.8 Å². The molecule has 8 N–H and O–H groups in total. The van der Waals surface area contributed by atoms with Crippen LogP contribution in [0.1, 0.15) is 112 Å². The lowest BCUT2D eigenvalue weighted by molar-refractivity contribution is -0.128. The Bertz CT molecular complexity index is 8030. The average Bonchev–Trinajstić information content (AvgIpc) is 1.60. The molecular formula is C102H81F3N20O20. The van der Waals surface area contributed by atoms with E-state index in [1.54, 1.807) is 145 Å². The quantitative estimate of drug-likeness (QED) is 0.0261. The SMILES string of the molecule is COc1ccc2c(c1)C(=O)N(C[C@@]1(c3cc4nc(NC5=CCN=C5)ccc4o3)CC(=O)NC1=O)C2.COc1ccc2c(c1)C(=O)N(C[C@@]1(c3cc4nc(Nc5cncc(F)c5)ccc4o3)CC(=O)NC1=O)C2.COc1ccc2c(c1F)C(=O)N(C[C@@]1(c3cc4nc(NC5=CCN=C5)ccc4o3)CC(=O)NC1=O)C2.COc1ccc2c(c1F)C(=O)N(C[C@@]1(c3cc4nc(Nc5cccnc5)ccc4o3)CC(=O)NC1=O)C2. The number of amides is 12. The largest absolute Gasteiger partial charge is 0.497 e. The molecule has 24 rings (SSSR count). The van der Waals surface area contributed by atoms with Crippen LogP contribution >= 0.6 is 0 Å². The Hall–Kier alpha value is -18.6. The third-order valence-electron chi connectivity index (χ3n) is 26.5. The smallest absolute Gasteiger partial charge is 0.257 e. The Balaban J connectivity index is 0.000000114. The van der Waals surface area contributed by atoms with Crippen molar-refractivity contribution in [2.24, 2.45) is 9.98 Å². The summed E-state index contributed by atoms with van der Waals surface area (Å²) in [6.07, 6.45) is 12.4. The fourth-order valence-electron chi connectivity index (χ4n) is 19.4. The topological polar surface area (TPSA) is 506 Å². The zero-order chi connectivity index (χ0) is 101. The highest BCUT2D eigenvalue weighted by Crippen LogP contribution is 2.47. The van der Waals surface area contributed by atoms with Crippen LogP contribution in [0.4, 0.5) is 47.8 Å². The number of nitrogens with zero attached hydrogens (tertiary/aromatic N) is 12. The van der Waals surface area contributed by atoms with Gasteiger partial charge in [-0.2, -0.15) is 0 Å². The van der Waals surface area contributed by atoms with E-state index in [4.69, 9.17) is 36.6 Å². The van der Waals surface area contributed by atoms with Crippen LogP contribution in [0.25, 0.3) is 44.4 Å². The van der Waals surface area contributed by atoms with Crippen molar-refractivity contribution in [1.29, 1.82) is 0 Å². The molecule has 0 bridgehead atoms. The summed E-state index contributed by atoms with van der Waals surface area (Å²) in [6, 6.07) is 41.8. The first-order valence-electron chi connectivity index (χ1n) is 45.3. The van der Waals surface area contributed by atoms with E-state index in [0.29, 0.717) is 133 Å². The predicted octanol–water partition coefficient (Wildman–Crippen LogP) is 10.6. The second-order valence-electron chi connectivity index (χ2n) is 35.7. The van der Waals surface area contributed by atoms with Crippen LogP contribution in [0.15, 0.2) is 228 Å². The lowest BCUT2D eigenvalue weighted by Gasteiger charge is -2.28. The first-order valence-corrected chi connectivity index (χ1v) is 45.3. The van der Waals surface area contributed by atoms with Crippen LogP contribution in [0.3, 0.4) is 0 Å². The minimum absolute atomic E-state index is 0.00528. The number of benzene rings is 4. The van der Waals surface area contributed by atoms with Crippen molar-refractivity contribution in [2.45, 2.75) is 73.5 Å². The molecular weight excluding hydrogens is 1880 g/mol.